The molecule has 0 radical (unpaired) electrons. The van der Waals surface area contributed by atoms with Crippen LogP contribution in [0.5, 0.6) is 11.5 Å². The van der Waals surface area contributed by atoms with Crippen molar-refractivity contribution in [3.63, 3.8) is 0 Å². The fourth-order valence-corrected chi connectivity index (χ4v) is 3.03. The standard InChI is InChI=1S/C24H23N3O7.Li/c1-6-32-24(29)20(23-26-16(12-25)13(2)34-23)22(28)21-14(3)33-19(27-21)10-8-15-7-9-17(30-4)18(11-15)31-5;/h7-11,28H,6H2,1-5H3;/q;+1/p-1/b10-8+,22-20?;. The number of carbonyl (C=O) groups excluding carboxylic acids is 1. The van der Waals surface area contributed by atoms with Crippen molar-refractivity contribution in [2.45, 2.75) is 20.8 Å². The maximum Gasteiger partial charge on any atom is 1.00 e. The first-order chi connectivity index (χ1) is 16.3. The van der Waals surface area contributed by atoms with E-state index in [1.54, 1.807) is 38.3 Å². The minimum atomic E-state index is -0.942. The molecule has 0 amide bonds. The SMILES string of the molecule is CCOC(=O)C(=C([O-])c1nc(/C=C/c2ccc(OC)c(OC)c2)oc1C)c1nc(C#N)c(C)o1.[Li+]. The normalized spacial score (nSPS) is 11.4. The summed E-state index contributed by atoms with van der Waals surface area (Å²) in [5, 5.41) is 22.4. The van der Waals surface area contributed by atoms with Crippen LogP contribution < -0.4 is 33.4 Å². The molecule has 0 fully saturated rings. The van der Waals surface area contributed by atoms with Crippen LogP contribution in [0.2, 0.25) is 0 Å². The second-order valence-electron chi connectivity index (χ2n) is 6.86. The van der Waals surface area contributed by atoms with Crippen LogP contribution in [0.1, 0.15) is 47.2 Å². The molecule has 0 atom stereocenters. The van der Waals surface area contributed by atoms with Crippen molar-refractivity contribution in [1.29, 1.82) is 5.26 Å². The largest absolute Gasteiger partial charge is 1.00 e. The Morgan fingerprint density at radius 2 is 1.83 bits per heavy atom. The van der Waals surface area contributed by atoms with Crippen molar-refractivity contribution >= 4 is 29.5 Å². The molecule has 0 unspecified atom stereocenters. The Bertz CT molecular complexity index is 1320. The molecular formula is C24H22LiN3O7. The summed E-state index contributed by atoms with van der Waals surface area (Å²) >= 11 is 0. The van der Waals surface area contributed by atoms with E-state index in [1.807, 2.05) is 12.1 Å². The molecule has 3 aromatic rings. The third kappa shape index (κ3) is 5.96. The third-order valence-corrected chi connectivity index (χ3v) is 4.68. The molecular weight excluding hydrogens is 449 g/mol. The second-order valence-corrected chi connectivity index (χ2v) is 6.86. The van der Waals surface area contributed by atoms with Gasteiger partial charge in [-0.25, -0.2) is 9.78 Å². The monoisotopic (exact) mass is 471 g/mol. The van der Waals surface area contributed by atoms with Gasteiger partial charge in [-0.05, 0) is 44.5 Å². The number of hydrogen-bond acceptors (Lipinski definition) is 10. The van der Waals surface area contributed by atoms with Crippen LogP contribution in [0.15, 0.2) is 27.0 Å². The van der Waals surface area contributed by atoms with Crippen LogP contribution >= 0.6 is 0 Å². The van der Waals surface area contributed by atoms with Crippen LogP contribution in [0.25, 0.3) is 23.5 Å². The van der Waals surface area contributed by atoms with E-state index >= 15 is 0 Å². The Balaban J connectivity index is 0.00000432. The van der Waals surface area contributed by atoms with Gasteiger partial charge in [-0.3, -0.25) is 0 Å². The predicted octanol–water partition coefficient (Wildman–Crippen LogP) is 0.134. The Morgan fingerprint density at radius 1 is 1.11 bits per heavy atom. The van der Waals surface area contributed by atoms with Gasteiger partial charge >= 0.3 is 24.8 Å². The van der Waals surface area contributed by atoms with Gasteiger partial charge in [-0.2, -0.15) is 10.2 Å². The number of ether oxygens (including phenoxy) is 3. The average molecular weight is 471 g/mol. The zero-order chi connectivity index (χ0) is 24.8. The first-order valence-electron chi connectivity index (χ1n) is 10.2. The van der Waals surface area contributed by atoms with Crippen LogP contribution in [-0.2, 0) is 9.53 Å². The predicted molar refractivity (Wildman–Crippen MR) is 119 cm³/mol. The van der Waals surface area contributed by atoms with Crippen molar-refractivity contribution in [3.8, 4) is 17.6 Å². The minimum Gasteiger partial charge on any atom is -0.870 e. The molecule has 0 aliphatic rings. The molecule has 0 saturated heterocycles. The number of carbonyl (C=O) groups is 1. The van der Waals surface area contributed by atoms with E-state index in [1.165, 1.54) is 21.0 Å². The Labute approximate surface area is 214 Å². The molecule has 2 aromatic heterocycles. The summed E-state index contributed by atoms with van der Waals surface area (Å²) in [6.07, 6.45) is 3.28. The number of methoxy groups -OCH3 is 2. The van der Waals surface area contributed by atoms with Gasteiger partial charge in [0, 0.05) is 6.08 Å². The number of rotatable bonds is 8. The van der Waals surface area contributed by atoms with E-state index in [-0.39, 0.29) is 60.2 Å². The van der Waals surface area contributed by atoms with Crippen molar-refractivity contribution in [3.05, 3.63) is 58.5 Å². The van der Waals surface area contributed by atoms with E-state index in [0.29, 0.717) is 11.5 Å². The van der Waals surface area contributed by atoms with E-state index in [9.17, 15) is 9.90 Å². The van der Waals surface area contributed by atoms with Crippen molar-refractivity contribution in [2.24, 2.45) is 0 Å². The number of benzene rings is 1. The number of esters is 1. The fourth-order valence-electron chi connectivity index (χ4n) is 3.03. The van der Waals surface area contributed by atoms with Crippen LogP contribution in [0.3, 0.4) is 0 Å². The Morgan fingerprint density at radius 3 is 2.43 bits per heavy atom. The summed E-state index contributed by atoms with van der Waals surface area (Å²) in [5.74, 6) is -0.426. The third-order valence-electron chi connectivity index (χ3n) is 4.68. The molecule has 176 valence electrons. The maximum atomic E-state index is 13.2. The van der Waals surface area contributed by atoms with E-state index in [4.69, 9.17) is 28.3 Å². The van der Waals surface area contributed by atoms with Crippen LogP contribution in [0, 0.1) is 25.2 Å². The van der Waals surface area contributed by atoms with Gasteiger partial charge < -0.3 is 28.2 Å². The summed E-state index contributed by atoms with van der Waals surface area (Å²) in [4.78, 5) is 20.7. The molecule has 0 N–H and O–H groups in total. The molecule has 1 aromatic carbocycles. The van der Waals surface area contributed by atoms with E-state index in [2.05, 4.69) is 9.97 Å². The van der Waals surface area contributed by atoms with Crippen LogP contribution in [-0.4, -0.2) is 36.8 Å². The molecule has 0 bridgehead atoms. The molecule has 0 aliphatic heterocycles. The molecule has 3 rings (SSSR count). The van der Waals surface area contributed by atoms with Gasteiger partial charge in [0.1, 0.15) is 23.2 Å². The first-order valence-corrected chi connectivity index (χ1v) is 10.2. The van der Waals surface area contributed by atoms with Gasteiger partial charge in [0.2, 0.25) is 11.8 Å². The molecule has 2 heterocycles. The van der Waals surface area contributed by atoms with Crippen LogP contribution in [0.4, 0.5) is 0 Å². The fraction of sp³-hybridized carbons (Fsp3) is 0.250. The first kappa shape index (κ1) is 27.3. The van der Waals surface area contributed by atoms with Crippen molar-refractivity contribution in [1.82, 2.24) is 9.97 Å². The maximum absolute atomic E-state index is 13.2. The molecule has 11 heteroatoms. The number of oxazole rings is 2. The number of nitrogens with zero attached hydrogens (tertiary/aromatic N) is 3. The topological polar surface area (TPSA) is 144 Å². The Hall–Kier alpha value is -3.92. The number of hydrogen-bond donors (Lipinski definition) is 0. The smallest absolute Gasteiger partial charge is 0.870 e. The molecule has 0 saturated carbocycles. The van der Waals surface area contributed by atoms with Gasteiger partial charge in [-0.1, -0.05) is 11.8 Å². The van der Waals surface area contributed by atoms with Crippen molar-refractivity contribution in [2.75, 3.05) is 20.8 Å². The summed E-state index contributed by atoms with van der Waals surface area (Å²) in [7, 11) is 3.08. The quantitative estimate of drug-likeness (QED) is 0.192. The van der Waals surface area contributed by atoms with Gasteiger partial charge in [0.05, 0.1) is 26.5 Å². The Kier molecular flexibility index (Phi) is 9.35. The number of aromatic nitrogens is 2. The molecule has 0 aliphatic carbocycles. The van der Waals surface area contributed by atoms with Gasteiger partial charge in [0.25, 0.3) is 0 Å². The summed E-state index contributed by atoms with van der Waals surface area (Å²) in [5.41, 5.74) is 0.155. The second kappa shape index (κ2) is 12.0. The summed E-state index contributed by atoms with van der Waals surface area (Å²) < 4.78 is 26.5. The molecule has 10 nitrogen and oxygen atoms in total. The number of nitriles is 1. The van der Waals surface area contributed by atoms with Gasteiger partial charge in [-0.15, -0.1) is 0 Å². The van der Waals surface area contributed by atoms with E-state index < -0.39 is 17.3 Å². The zero-order valence-corrected chi connectivity index (χ0v) is 20.3. The summed E-state index contributed by atoms with van der Waals surface area (Å²) in [6, 6.07) is 7.17. The van der Waals surface area contributed by atoms with Crippen molar-refractivity contribution < 1.29 is 51.8 Å². The van der Waals surface area contributed by atoms with E-state index in [0.717, 1.165) is 5.56 Å². The average Bonchev–Trinajstić information content (AvgIpc) is 3.39. The minimum absolute atomic E-state index is 0. The summed E-state index contributed by atoms with van der Waals surface area (Å²) in [6.45, 7) is 4.66. The number of aryl methyl sites for hydroxylation is 2. The molecule has 35 heavy (non-hydrogen) atoms. The molecule has 0 spiro atoms. The zero-order valence-electron chi connectivity index (χ0n) is 20.3. The van der Waals surface area contributed by atoms with Gasteiger partial charge in [0.15, 0.2) is 17.2 Å².